The number of aryl methyl sites for hydroxylation is 3. The summed E-state index contributed by atoms with van der Waals surface area (Å²) in [6.07, 6.45) is 0.423. The third-order valence-corrected chi connectivity index (χ3v) is 6.40. The zero-order valence-electron chi connectivity index (χ0n) is 18.6. The van der Waals surface area contributed by atoms with Crippen molar-refractivity contribution in [1.29, 1.82) is 0 Å². The number of carbonyl (C=O) groups is 1. The van der Waals surface area contributed by atoms with Crippen LogP contribution in [0.15, 0.2) is 64.6 Å². The van der Waals surface area contributed by atoms with Gasteiger partial charge in [0, 0.05) is 12.1 Å². The van der Waals surface area contributed by atoms with E-state index in [0.29, 0.717) is 17.7 Å². The van der Waals surface area contributed by atoms with Gasteiger partial charge in [-0.2, -0.15) is 0 Å². The van der Waals surface area contributed by atoms with Crippen LogP contribution in [0.3, 0.4) is 0 Å². The smallest absolute Gasteiger partial charge is 0.234 e. The maximum Gasteiger partial charge on any atom is 0.234 e. The summed E-state index contributed by atoms with van der Waals surface area (Å²) in [7, 11) is 0. The van der Waals surface area contributed by atoms with E-state index in [9.17, 15) is 13.6 Å². The topological polar surface area (TPSA) is 53.8 Å². The first-order valence-electron chi connectivity index (χ1n) is 10.5. The van der Waals surface area contributed by atoms with Crippen molar-refractivity contribution >= 4 is 45.5 Å². The molecule has 3 aromatic carbocycles. The van der Waals surface area contributed by atoms with Gasteiger partial charge in [0.2, 0.25) is 5.91 Å². The number of rotatable bonds is 4. The van der Waals surface area contributed by atoms with Crippen molar-refractivity contribution in [3.63, 3.8) is 0 Å². The summed E-state index contributed by atoms with van der Waals surface area (Å²) >= 11 is 1.33. The van der Waals surface area contributed by atoms with Crippen molar-refractivity contribution in [3.8, 4) is 0 Å². The van der Waals surface area contributed by atoms with Crippen LogP contribution in [-0.2, 0) is 4.79 Å². The van der Waals surface area contributed by atoms with Crippen LogP contribution in [-0.4, -0.2) is 22.4 Å². The van der Waals surface area contributed by atoms with Crippen LogP contribution in [0.2, 0.25) is 0 Å². The first-order chi connectivity index (χ1) is 15.8. The largest absolute Gasteiger partial charge is 0.325 e. The molecule has 3 aromatic rings. The van der Waals surface area contributed by atoms with Crippen LogP contribution in [0.5, 0.6) is 0 Å². The van der Waals surface area contributed by atoms with Gasteiger partial charge in [0.05, 0.1) is 27.9 Å². The van der Waals surface area contributed by atoms with Crippen LogP contribution in [0, 0.1) is 32.4 Å². The lowest BCUT2D eigenvalue weighted by atomic mass is 10.1. The van der Waals surface area contributed by atoms with E-state index in [1.165, 1.54) is 36.0 Å². The second kappa shape index (κ2) is 9.67. The number of aliphatic imine (C=N–C) groups is 2. The van der Waals surface area contributed by atoms with E-state index >= 15 is 0 Å². The maximum absolute atomic E-state index is 13.5. The molecule has 4 nitrogen and oxygen atoms in total. The number of nitrogens with zero attached hydrogens (tertiary/aromatic N) is 2. The van der Waals surface area contributed by atoms with E-state index < -0.39 is 0 Å². The highest BCUT2D eigenvalue weighted by Crippen LogP contribution is 2.36. The van der Waals surface area contributed by atoms with Crippen LogP contribution in [0.4, 0.5) is 25.8 Å². The molecule has 1 amide bonds. The Labute approximate surface area is 195 Å². The first kappa shape index (κ1) is 22.9. The summed E-state index contributed by atoms with van der Waals surface area (Å²) < 4.78 is 26.8. The number of benzene rings is 3. The molecule has 0 unspecified atom stereocenters. The lowest BCUT2D eigenvalue weighted by Gasteiger charge is -2.10. The number of thioether (sulfide) groups is 1. The number of fused-ring (bicyclic) bond motifs is 1. The summed E-state index contributed by atoms with van der Waals surface area (Å²) in [6, 6.07) is 14.5. The molecule has 1 aliphatic heterocycles. The van der Waals surface area contributed by atoms with Gasteiger partial charge in [-0.05, 0) is 85.5 Å². The number of carbonyl (C=O) groups excluding carboxylic acids is 1. The fraction of sp³-hybridized carbons (Fsp3) is 0.192. The Morgan fingerprint density at radius 3 is 2.18 bits per heavy atom. The molecule has 0 radical (unpaired) electrons. The van der Waals surface area contributed by atoms with Crippen molar-refractivity contribution < 1.29 is 13.6 Å². The summed E-state index contributed by atoms with van der Waals surface area (Å²) in [6.45, 7) is 5.79. The van der Waals surface area contributed by atoms with Crippen LogP contribution < -0.4 is 5.32 Å². The first-order valence-corrected chi connectivity index (χ1v) is 11.5. The van der Waals surface area contributed by atoms with E-state index in [0.717, 1.165) is 38.8 Å². The minimum atomic E-state index is -0.343. The standard InChI is InChI=1S/C26H23F2N3OS/c1-15-11-23-24(12-16(15)2)31-26(13-22(29-23)18-4-6-19(27)7-5-18)33-14-25(32)30-21-9-8-20(28)10-17(21)3/h4-12H,13-14H2,1-3H3,(H,30,32). The summed E-state index contributed by atoms with van der Waals surface area (Å²) in [4.78, 5) is 22.2. The minimum absolute atomic E-state index is 0.145. The van der Waals surface area contributed by atoms with Crippen molar-refractivity contribution in [2.24, 2.45) is 9.98 Å². The molecule has 0 fully saturated rings. The van der Waals surface area contributed by atoms with Gasteiger partial charge >= 0.3 is 0 Å². The molecule has 1 aliphatic rings. The van der Waals surface area contributed by atoms with Crippen molar-refractivity contribution in [3.05, 3.63) is 88.5 Å². The second-order valence-corrected chi connectivity index (χ2v) is 9.02. The number of amides is 1. The number of anilines is 1. The Bertz CT molecular complexity index is 1280. The zero-order chi connectivity index (χ0) is 23.5. The Hall–Kier alpha value is -3.32. The molecular formula is C26H23F2N3OS. The molecule has 0 bridgehead atoms. The fourth-order valence-corrected chi connectivity index (χ4v) is 4.23. The minimum Gasteiger partial charge on any atom is -0.325 e. The van der Waals surface area contributed by atoms with Crippen LogP contribution >= 0.6 is 11.8 Å². The van der Waals surface area contributed by atoms with E-state index in [1.807, 2.05) is 26.0 Å². The predicted molar refractivity (Wildman–Crippen MR) is 132 cm³/mol. The van der Waals surface area contributed by atoms with Crippen LogP contribution in [0.1, 0.15) is 28.7 Å². The third kappa shape index (κ3) is 5.54. The SMILES string of the molecule is Cc1cc2c(cc1C)N=C(c1ccc(F)cc1)CC(SCC(=O)Nc1ccc(F)cc1C)=N2. The van der Waals surface area contributed by atoms with Gasteiger partial charge in [-0.1, -0.05) is 12.1 Å². The lowest BCUT2D eigenvalue weighted by Crippen LogP contribution is -2.17. The Morgan fingerprint density at radius 1 is 0.879 bits per heavy atom. The van der Waals surface area contributed by atoms with Crippen molar-refractivity contribution in [2.75, 3.05) is 11.1 Å². The fourth-order valence-electron chi connectivity index (χ4n) is 3.46. The quantitative estimate of drug-likeness (QED) is 0.462. The van der Waals surface area contributed by atoms with E-state index in [2.05, 4.69) is 5.32 Å². The molecule has 0 saturated heterocycles. The van der Waals surface area contributed by atoms with E-state index in [1.54, 1.807) is 25.1 Å². The molecule has 0 aliphatic carbocycles. The van der Waals surface area contributed by atoms with Crippen molar-refractivity contribution in [1.82, 2.24) is 0 Å². The molecule has 0 saturated carbocycles. The molecule has 168 valence electrons. The molecule has 1 N–H and O–H groups in total. The summed E-state index contributed by atoms with van der Waals surface area (Å²) in [5.74, 6) is -0.713. The molecule has 0 spiro atoms. The van der Waals surface area contributed by atoms with Gasteiger partial charge in [0.15, 0.2) is 0 Å². The molecule has 4 rings (SSSR count). The summed E-state index contributed by atoms with van der Waals surface area (Å²) in [5, 5.41) is 3.57. The number of nitrogens with one attached hydrogen (secondary N) is 1. The highest BCUT2D eigenvalue weighted by molar-refractivity contribution is 8.14. The maximum atomic E-state index is 13.5. The van der Waals surface area contributed by atoms with E-state index in [-0.39, 0.29) is 23.3 Å². The van der Waals surface area contributed by atoms with Gasteiger partial charge in [0.25, 0.3) is 0 Å². The van der Waals surface area contributed by atoms with Gasteiger partial charge < -0.3 is 5.32 Å². The van der Waals surface area contributed by atoms with Crippen LogP contribution in [0.25, 0.3) is 0 Å². The van der Waals surface area contributed by atoms with Gasteiger partial charge in [-0.3, -0.25) is 9.79 Å². The number of hydrogen-bond acceptors (Lipinski definition) is 4. The number of halogens is 2. The number of hydrogen-bond donors (Lipinski definition) is 1. The second-order valence-electron chi connectivity index (χ2n) is 7.97. The Morgan fingerprint density at radius 2 is 1.52 bits per heavy atom. The highest BCUT2D eigenvalue weighted by Gasteiger charge is 2.18. The average molecular weight is 464 g/mol. The molecule has 7 heteroatoms. The molecule has 33 heavy (non-hydrogen) atoms. The third-order valence-electron chi connectivity index (χ3n) is 5.42. The van der Waals surface area contributed by atoms with Gasteiger partial charge in [0.1, 0.15) is 11.6 Å². The van der Waals surface area contributed by atoms with Gasteiger partial charge in [-0.25, -0.2) is 13.8 Å². The normalized spacial score (nSPS) is 13.0. The monoisotopic (exact) mass is 463 g/mol. The predicted octanol–water partition coefficient (Wildman–Crippen LogP) is 6.82. The summed E-state index contributed by atoms with van der Waals surface area (Å²) in [5.41, 5.74) is 6.51. The molecule has 0 aromatic heterocycles. The Balaban J connectivity index is 1.58. The lowest BCUT2D eigenvalue weighted by molar-refractivity contribution is -0.113. The molecule has 0 atom stereocenters. The molecular weight excluding hydrogens is 440 g/mol. The van der Waals surface area contributed by atoms with E-state index in [4.69, 9.17) is 9.98 Å². The zero-order valence-corrected chi connectivity index (χ0v) is 19.4. The van der Waals surface area contributed by atoms with Crippen molar-refractivity contribution in [2.45, 2.75) is 27.2 Å². The van der Waals surface area contributed by atoms with Gasteiger partial charge in [-0.15, -0.1) is 11.8 Å². The average Bonchev–Trinajstić information content (AvgIpc) is 2.94. The highest BCUT2D eigenvalue weighted by atomic mass is 32.2. The Kier molecular flexibility index (Phi) is 6.70. The molecule has 1 heterocycles.